The van der Waals surface area contributed by atoms with E-state index in [9.17, 15) is 0 Å². The maximum absolute atomic E-state index is 3.48. The third-order valence-corrected chi connectivity index (χ3v) is 4.77. The number of nitrogens with zero attached hydrogens (tertiary/aromatic N) is 2. The van der Waals surface area contributed by atoms with Gasteiger partial charge in [0.1, 0.15) is 0 Å². The molecular weight excluding hydrogens is 222 g/mol. The molecule has 1 saturated carbocycles. The minimum Gasteiger partial charge on any atom is -0.317 e. The first-order chi connectivity index (χ1) is 8.79. The molecule has 0 spiro atoms. The van der Waals surface area contributed by atoms with Crippen LogP contribution < -0.4 is 5.32 Å². The SMILES string of the molecule is CCNCC1CCN(CCN(C)C2CCCC2)C1. The maximum Gasteiger partial charge on any atom is 0.0109 e. The van der Waals surface area contributed by atoms with Crippen LogP contribution in [0.3, 0.4) is 0 Å². The second-order valence-electron chi connectivity index (χ2n) is 6.18. The minimum absolute atomic E-state index is 0.880. The van der Waals surface area contributed by atoms with Crippen molar-refractivity contribution in [1.82, 2.24) is 15.1 Å². The van der Waals surface area contributed by atoms with Gasteiger partial charge in [-0.15, -0.1) is 0 Å². The Morgan fingerprint density at radius 2 is 2.00 bits per heavy atom. The van der Waals surface area contributed by atoms with E-state index in [-0.39, 0.29) is 0 Å². The number of likely N-dealkylation sites (tertiary alicyclic amines) is 1. The summed E-state index contributed by atoms with van der Waals surface area (Å²) in [5.41, 5.74) is 0. The van der Waals surface area contributed by atoms with Gasteiger partial charge in [0.25, 0.3) is 0 Å². The van der Waals surface area contributed by atoms with Gasteiger partial charge in [0, 0.05) is 25.7 Å². The van der Waals surface area contributed by atoms with Crippen molar-refractivity contribution in [1.29, 1.82) is 0 Å². The molecule has 1 N–H and O–H groups in total. The van der Waals surface area contributed by atoms with Crippen LogP contribution in [0.5, 0.6) is 0 Å². The van der Waals surface area contributed by atoms with Crippen molar-refractivity contribution in [3.8, 4) is 0 Å². The predicted molar refractivity (Wildman–Crippen MR) is 78.0 cm³/mol. The first kappa shape index (κ1) is 14.3. The molecule has 0 aromatic rings. The maximum atomic E-state index is 3.48. The summed E-state index contributed by atoms with van der Waals surface area (Å²) >= 11 is 0. The number of hydrogen-bond donors (Lipinski definition) is 1. The van der Waals surface area contributed by atoms with Gasteiger partial charge < -0.3 is 15.1 Å². The molecule has 18 heavy (non-hydrogen) atoms. The van der Waals surface area contributed by atoms with Gasteiger partial charge in [-0.25, -0.2) is 0 Å². The highest BCUT2D eigenvalue weighted by Gasteiger charge is 2.23. The van der Waals surface area contributed by atoms with Crippen molar-refractivity contribution in [2.24, 2.45) is 5.92 Å². The molecule has 0 radical (unpaired) electrons. The summed E-state index contributed by atoms with van der Waals surface area (Å²) in [7, 11) is 2.32. The van der Waals surface area contributed by atoms with Crippen molar-refractivity contribution in [2.75, 3.05) is 46.3 Å². The molecule has 1 aliphatic carbocycles. The summed E-state index contributed by atoms with van der Waals surface area (Å²) in [5, 5.41) is 3.48. The van der Waals surface area contributed by atoms with Crippen LogP contribution in [0.2, 0.25) is 0 Å². The topological polar surface area (TPSA) is 18.5 Å². The van der Waals surface area contributed by atoms with E-state index < -0.39 is 0 Å². The molecule has 1 saturated heterocycles. The summed E-state index contributed by atoms with van der Waals surface area (Å²) in [5.74, 6) is 0.890. The van der Waals surface area contributed by atoms with E-state index in [0.29, 0.717) is 0 Å². The molecule has 106 valence electrons. The van der Waals surface area contributed by atoms with E-state index in [0.717, 1.165) is 18.5 Å². The summed E-state index contributed by atoms with van der Waals surface area (Å²) in [6.45, 7) is 9.68. The van der Waals surface area contributed by atoms with Crippen LogP contribution in [0.4, 0.5) is 0 Å². The van der Waals surface area contributed by atoms with Crippen LogP contribution in [-0.2, 0) is 0 Å². The number of nitrogens with one attached hydrogen (secondary N) is 1. The van der Waals surface area contributed by atoms with Crippen LogP contribution >= 0.6 is 0 Å². The Labute approximate surface area is 113 Å². The number of rotatable bonds is 7. The Morgan fingerprint density at radius 3 is 2.72 bits per heavy atom. The molecule has 3 heteroatoms. The van der Waals surface area contributed by atoms with Crippen molar-refractivity contribution in [3.05, 3.63) is 0 Å². The lowest BCUT2D eigenvalue weighted by molar-refractivity contribution is 0.204. The first-order valence-electron chi connectivity index (χ1n) is 7.93. The van der Waals surface area contributed by atoms with E-state index in [1.165, 1.54) is 64.8 Å². The molecule has 3 nitrogen and oxygen atoms in total. The van der Waals surface area contributed by atoms with E-state index in [1.54, 1.807) is 0 Å². The minimum atomic E-state index is 0.880. The van der Waals surface area contributed by atoms with Crippen molar-refractivity contribution >= 4 is 0 Å². The van der Waals surface area contributed by atoms with Gasteiger partial charge in [0.05, 0.1) is 0 Å². The van der Waals surface area contributed by atoms with Crippen molar-refractivity contribution in [2.45, 2.75) is 45.1 Å². The third-order valence-electron chi connectivity index (χ3n) is 4.77. The van der Waals surface area contributed by atoms with Gasteiger partial charge in [0.2, 0.25) is 0 Å². The molecular formula is C15H31N3. The monoisotopic (exact) mass is 253 g/mol. The molecule has 0 aromatic heterocycles. The average Bonchev–Trinajstić information content (AvgIpc) is 3.04. The fourth-order valence-electron chi connectivity index (χ4n) is 3.46. The highest BCUT2D eigenvalue weighted by Crippen LogP contribution is 2.22. The predicted octanol–water partition coefficient (Wildman–Crippen LogP) is 1.79. The summed E-state index contributed by atoms with van der Waals surface area (Å²) < 4.78 is 0. The quantitative estimate of drug-likeness (QED) is 0.746. The zero-order chi connectivity index (χ0) is 12.8. The molecule has 1 unspecified atom stereocenters. The van der Waals surface area contributed by atoms with Gasteiger partial charge in [-0.3, -0.25) is 0 Å². The standard InChI is InChI=1S/C15H31N3/c1-3-16-12-14-8-9-18(13-14)11-10-17(2)15-6-4-5-7-15/h14-16H,3-13H2,1-2H3. The normalized spacial score (nSPS) is 26.5. The van der Waals surface area contributed by atoms with Gasteiger partial charge in [-0.2, -0.15) is 0 Å². The largest absolute Gasteiger partial charge is 0.317 e. The summed E-state index contributed by atoms with van der Waals surface area (Å²) in [6, 6.07) is 0.880. The Balaban J connectivity index is 1.59. The highest BCUT2D eigenvalue weighted by atomic mass is 15.2. The van der Waals surface area contributed by atoms with Crippen LogP contribution in [-0.4, -0.2) is 62.2 Å². The van der Waals surface area contributed by atoms with Crippen LogP contribution in [0.15, 0.2) is 0 Å². The van der Waals surface area contributed by atoms with E-state index >= 15 is 0 Å². The molecule has 1 heterocycles. The Bertz CT molecular complexity index is 226. The van der Waals surface area contributed by atoms with Gasteiger partial charge in [-0.1, -0.05) is 19.8 Å². The molecule has 1 atom stereocenters. The lowest BCUT2D eigenvalue weighted by Gasteiger charge is -2.26. The van der Waals surface area contributed by atoms with Gasteiger partial charge >= 0.3 is 0 Å². The zero-order valence-corrected chi connectivity index (χ0v) is 12.3. The molecule has 1 aliphatic heterocycles. The van der Waals surface area contributed by atoms with Gasteiger partial charge in [-0.05, 0) is 51.9 Å². The van der Waals surface area contributed by atoms with Crippen molar-refractivity contribution < 1.29 is 0 Å². The number of likely N-dealkylation sites (N-methyl/N-ethyl adjacent to an activating group) is 1. The summed E-state index contributed by atoms with van der Waals surface area (Å²) in [6.07, 6.45) is 7.15. The fraction of sp³-hybridized carbons (Fsp3) is 1.00. The highest BCUT2D eigenvalue weighted by molar-refractivity contribution is 4.80. The smallest absolute Gasteiger partial charge is 0.0109 e. The summed E-state index contributed by atoms with van der Waals surface area (Å²) in [4.78, 5) is 5.26. The Kier molecular flexibility index (Phi) is 5.93. The molecule has 2 fully saturated rings. The van der Waals surface area contributed by atoms with Gasteiger partial charge in [0.15, 0.2) is 0 Å². The lowest BCUT2D eigenvalue weighted by atomic mass is 10.1. The molecule has 2 rings (SSSR count). The molecule has 0 aromatic carbocycles. The van der Waals surface area contributed by atoms with Crippen LogP contribution in [0, 0.1) is 5.92 Å². The Morgan fingerprint density at radius 1 is 1.22 bits per heavy atom. The lowest BCUT2D eigenvalue weighted by Crippen LogP contribution is -2.37. The van der Waals surface area contributed by atoms with E-state index in [4.69, 9.17) is 0 Å². The van der Waals surface area contributed by atoms with Crippen LogP contribution in [0.1, 0.15) is 39.0 Å². The third kappa shape index (κ3) is 4.22. The Hall–Kier alpha value is -0.120. The average molecular weight is 253 g/mol. The first-order valence-corrected chi connectivity index (χ1v) is 7.93. The molecule has 0 amide bonds. The van der Waals surface area contributed by atoms with Crippen LogP contribution in [0.25, 0.3) is 0 Å². The fourth-order valence-corrected chi connectivity index (χ4v) is 3.46. The zero-order valence-electron chi connectivity index (χ0n) is 12.3. The van der Waals surface area contributed by atoms with E-state index in [1.807, 2.05) is 0 Å². The molecule has 0 bridgehead atoms. The number of hydrogen-bond acceptors (Lipinski definition) is 3. The second kappa shape index (κ2) is 7.46. The second-order valence-corrected chi connectivity index (χ2v) is 6.18. The molecule has 2 aliphatic rings. The van der Waals surface area contributed by atoms with Crippen molar-refractivity contribution in [3.63, 3.8) is 0 Å². The van der Waals surface area contributed by atoms with E-state index in [2.05, 4.69) is 29.1 Å².